The van der Waals surface area contributed by atoms with Crippen molar-refractivity contribution in [2.45, 2.75) is 121 Å². The first-order valence-corrected chi connectivity index (χ1v) is 21.9. The van der Waals surface area contributed by atoms with Gasteiger partial charge in [0, 0.05) is 30.1 Å². The van der Waals surface area contributed by atoms with Gasteiger partial charge >= 0.3 is 12.2 Å². The summed E-state index contributed by atoms with van der Waals surface area (Å²) in [6, 6.07) is 13.3. The van der Waals surface area contributed by atoms with Gasteiger partial charge in [-0.1, -0.05) is 44.2 Å². The van der Waals surface area contributed by atoms with Crippen LogP contribution in [0.3, 0.4) is 0 Å². The van der Waals surface area contributed by atoms with E-state index in [9.17, 15) is 19.2 Å². The van der Waals surface area contributed by atoms with E-state index in [0.717, 1.165) is 89.7 Å². The summed E-state index contributed by atoms with van der Waals surface area (Å²) in [6.45, 7) is 10.1. The van der Waals surface area contributed by atoms with Crippen molar-refractivity contribution in [3.8, 4) is 22.4 Å². The molecular formula is C47H60N8O7. The van der Waals surface area contributed by atoms with Crippen molar-refractivity contribution >= 4 is 46.1 Å². The maximum Gasteiger partial charge on any atom is 0.407 e. The van der Waals surface area contributed by atoms with Crippen molar-refractivity contribution in [3.05, 3.63) is 65.6 Å². The summed E-state index contributed by atoms with van der Waals surface area (Å²) in [5.74, 6) is 0.298. The number of nitrogens with one attached hydrogen (secondary N) is 5. The number of methoxy groups -OCH3 is 3. The van der Waals surface area contributed by atoms with Crippen LogP contribution in [0.15, 0.2) is 48.7 Å². The fourth-order valence-corrected chi connectivity index (χ4v) is 10.5. The quantitative estimate of drug-likeness (QED) is 0.104. The highest BCUT2D eigenvalue weighted by molar-refractivity contribution is 6.04. The molecule has 4 heterocycles. The van der Waals surface area contributed by atoms with Gasteiger partial charge in [-0.2, -0.15) is 0 Å². The van der Waals surface area contributed by atoms with E-state index in [2.05, 4.69) is 82.6 Å². The van der Waals surface area contributed by atoms with E-state index >= 15 is 0 Å². The van der Waals surface area contributed by atoms with Crippen LogP contribution >= 0.6 is 0 Å². The van der Waals surface area contributed by atoms with Crippen molar-refractivity contribution in [2.75, 3.05) is 38.6 Å². The largest absolute Gasteiger partial charge is 0.453 e. The molecule has 2 fully saturated rings. The highest BCUT2D eigenvalue weighted by atomic mass is 16.5. The minimum absolute atomic E-state index is 0.000442. The molecule has 0 radical (unpaired) electrons. The van der Waals surface area contributed by atoms with Crippen LogP contribution in [0, 0.1) is 5.92 Å². The Labute approximate surface area is 363 Å². The van der Waals surface area contributed by atoms with E-state index in [-0.39, 0.29) is 48.5 Å². The number of carbonyl (C=O) groups is 4. The molecule has 1 unspecified atom stereocenters. The zero-order valence-electron chi connectivity index (χ0n) is 37.0. The number of nitrogens with zero attached hydrogens (tertiary/aromatic N) is 3. The number of anilines is 2. The lowest BCUT2D eigenvalue weighted by Gasteiger charge is -2.41. The monoisotopic (exact) mass is 848 g/mol. The molecule has 0 saturated carbocycles. The molecule has 330 valence electrons. The smallest absolute Gasteiger partial charge is 0.407 e. The number of amides is 4. The predicted molar refractivity (Wildman–Crippen MR) is 238 cm³/mol. The first-order valence-electron chi connectivity index (χ1n) is 21.9. The second kappa shape index (κ2) is 17.1. The lowest BCUT2D eigenvalue weighted by atomic mass is 9.91. The number of benzene rings is 3. The Morgan fingerprint density at radius 2 is 1.53 bits per heavy atom. The maximum absolute atomic E-state index is 14.0. The molecule has 1 aliphatic carbocycles. The predicted octanol–water partition coefficient (Wildman–Crippen LogP) is 7.12. The topological polar surface area (TPSA) is 179 Å². The number of hydrogen-bond donors (Lipinski definition) is 5. The van der Waals surface area contributed by atoms with Gasteiger partial charge in [0.25, 0.3) is 0 Å². The van der Waals surface area contributed by atoms with Gasteiger partial charge in [0.2, 0.25) is 11.8 Å². The van der Waals surface area contributed by atoms with Gasteiger partial charge in [0.15, 0.2) is 0 Å². The standard InChI is InChI=1S/C47H60N8O7/c1-25(2)40(51-46(59)62-8)44(57)54-26(3)12-20-38(54)42-48-23-36(49-42)34-18-17-30(32-10-9-11-33(32)34)28-14-16-31-29(22-28)15-19-35-41(31)53-47(5,52-35)39-21-13-27(4)55(39)43(56)37(24-60-6)50-45(58)61-7/h14-19,22-23,25-27,37-40,52-53H,9-13,20-21,24H2,1-8H3,(H,48,49)(H,50,58)(H,51,59)/t26-,27-,37-,38-,39-,40-,47?/m0/s1. The average Bonchev–Trinajstić information content (AvgIpc) is 4.12. The molecular weight excluding hydrogens is 789 g/mol. The zero-order chi connectivity index (χ0) is 44.0. The molecule has 8 rings (SSSR count). The number of aromatic nitrogens is 2. The van der Waals surface area contributed by atoms with E-state index < -0.39 is 29.9 Å². The second-order valence-electron chi connectivity index (χ2n) is 17.9. The zero-order valence-corrected chi connectivity index (χ0v) is 37.0. The minimum atomic E-state index is -0.875. The van der Waals surface area contributed by atoms with Gasteiger partial charge in [0.05, 0.1) is 56.2 Å². The van der Waals surface area contributed by atoms with Gasteiger partial charge in [-0.15, -0.1) is 0 Å². The van der Waals surface area contributed by atoms with Crippen molar-refractivity contribution in [3.63, 3.8) is 0 Å². The molecule has 4 amide bonds. The van der Waals surface area contributed by atoms with Crippen LogP contribution in [0.1, 0.15) is 89.7 Å². The van der Waals surface area contributed by atoms with Gasteiger partial charge in [-0.25, -0.2) is 14.6 Å². The molecule has 0 spiro atoms. The van der Waals surface area contributed by atoms with Crippen LogP contribution in [0.2, 0.25) is 0 Å². The molecule has 15 nitrogen and oxygen atoms in total. The first kappa shape index (κ1) is 42.8. The third-order valence-corrected chi connectivity index (χ3v) is 13.6. The molecule has 4 aromatic rings. The van der Waals surface area contributed by atoms with Crippen LogP contribution in [0.5, 0.6) is 0 Å². The van der Waals surface area contributed by atoms with E-state index in [0.29, 0.717) is 0 Å². The van der Waals surface area contributed by atoms with Gasteiger partial charge in [-0.3, -0.25) is 9.59 Å². The van der Waals surface area contributed by atoms with E-state index in [1.54, 1.807) is 0 Å². The van der Waals surface area contributed by atoms with Crippen molar-refractivity contribution in [2.24, 2.45) is 5.92 Å². The van der Waals surface area contributed by atoms with Crippen molar-refractivity contribution in [1.29, 1.82) is 0 Å². The number of likely N-dealkylation sites (tertiary alicyclic amines) is 2. The number of fused-ring (bicyclic) bond motifs is 4. The minimum Gasteiger partial charge on any atom is -0.453 e. The Hall–Kier alpha value is -5.83. The molecule has 0 bridgehead atoms. The third kappa shape index (κ3) is 7.68. The second-order valence-corrected chi connectivity index (χ2v) is 17.9. The normalized spacial score (nSPS) is 23.7. The van der Waals surface area contributed by atoms with E-state index in [1.807, 2.05) is 36.8 Å². The van der Waals surface area contributed by atoms with Crippen molar-refractivity contribution in [1.82, 2.24) is 30.4 Å². The number of hydrogen-bond acceptors (Lipinski definition) is 10. The SMILES string of the molecule is COC[C@H](NC(=O)OC)C(=O)N1[C@H](C2(C)Nc3ccc4cc(-c5ccc(-c6cnc([C@@H]7CC[C@H](C)N7C(=O)[C@@H](NC(=O)OC)C(C)C)[nH]6)c6c5CCC6)ccc4c3N2)CC[C@@H]1C. The number of alkyl carbamates (subject to hydrolysis) is 2. The Balaban J connectivity index is 1.03. The molecule has 7 atom stereocenters. The average molecular weight is 849 g/mol. The summed E-state index contributed by atoms with van der Waals surface area (Å²) < 4.78 is 15.0. The summed E-state index contributed by atoms with van der Waals surface area (Å²) in [7, 11) is 4.09. The maximum atomic E-state index is 14.0. The number of imidazole rings is 1. The van der Waals surface area contributed by atoms with Gasteiger partial charge in [-0.05, 0) is 111 Å². The fourth-order valence-electron chi connectivity index (χ4n) is 10.5. The summed E-state index contributed by atoms with van der Waals surface area (Å²) in [5, 5.41) is 15.1. The first-order chi connectivity index (χ1) is 29.8. The Bertz CT molecular complexity index is 2380. The molecule has 3 aromatic carbocycles. The van der Waals surface area contributed by atoms with Crippen LogP contribution in [-0.2, 0) is 36.6 Å². The highest BCUT2D eigenvalue weighted by Crippen LogP contribution is 2.46. The summed E-state index contributed by atoms with van der Waals surface area (Å²) in [4.78, 5) is 64.5. The summed E-state index contributed by atoms with van der Waals surface area (Å²) >= 11 is 0. The molecule has 62 heavy (non-hydrogen) atoms. The van der Waals surface area contributed by atoms with E-state index in [1.165, 1.54) is 38.0 Å². The Morgan fingerprint density at radius 3 is 2.26 bits per heavy atom. The van der Waals surface area contributed by atoms with Crippen molar-refractivity contribution < 1.29 is 33.4 Å². The Morgan fingerprint density at radius 1 is 0.839 bits per heavy atom. The fraction of sp³-hybridized carbons (Fsp3) is 0.511. The molecule has 15 heteroatoms. The number of ether oxygens (including phenoxy) is 3. The van der Waals surface area contributed by atoms with Gasteiger partial charge < -0.3 is 50.3 Å². The number of aromatic amines is 1. The molecule has 3 aliphatic heterocycles. The third-order valence-electron chi connectivity index (χ3n) is 13.6. The number of rotatable bonds is 11. The number of H-pyrrole nitrogens is 1. The summed E-state index contributed by atoms with van der Waals surface area (Å²) in [6.07, 6.45) is 6.83. The van der Waals surface area contributed by atoms with Crippen LogP contribution in [-0.4, -0.2) is 108 Å². The highest BCUT2D eigenvalue weighted by Gasteiger charge is 2.50. The van der Waals surface area contributed by atoms with Gasteiger partial charge in [0.1, 0.15) is 23.6 Å². The molecule has 5 N–H and O–H groups in total. The molecule has 4 aliphatic rings. The summed E-state index contributed by atoms with van der Waals surface area (Å²) in [5.41, 5.74) is 8.42. The number of carbonyl (C=O) groups excluding carboxylic acids is 4. The van der Waals surface area contributed by atoms with Crippen LogP contribution in [0.25, 0.3) is 33.2 Å². The van der Waals surface area contributed by atoms with Crippen LogP contribution < -0.4 is 21.3 Å². The lowest BCUT2D eigenvalue weighted by Crippen LogP contribution is -2.61. The Kier molecular flexibility index (Phi) is 11.8. The van der Waals surface area contributed by atoms with E-state index in [4.69, 9.17) is 19.2 Å². The lowest BCUT2D eigenvalue weighted by molar-refractivity contribution is -0.138. The molecule has 2 saturated heterocycles. The van der Waals surface area contributed by atoms with Crippen LogP contribution in [0.4, 0.5) is 21.0 Å². The molecule has 1 aromatic heterocycles.